The third-order valence-electron chi connectivity index (χ3n) is 2.75. The fourth-order valence-corrected chi connectivity index (χ4v) is 4.07. The molecule has 19 heavy (non-hydrogen) atoms. The van der Waals surface area contributed by atoms with Gasteiger partial charge >= 0.3 is 0 Å². The summed E-state index contributed by atoms with van der Waals surface area (Å²) in [7, 11) is -0.922. The van der Waals surface area contributed by atoms with Crippen LogP contribution < -0.4 is 5.32 Å². The summed E-state index contributed by atoms with van der Waals surface area (Å²) in [6.45, 7) is 0. The maximum atomic E-state index is 11.1. The largest absolute Gasteiger partial charge is 0.316 e. The van der Waals surface area contributed by atoms with E-state index in [2.05, 4.69) is 27.3 Å². The Kier molecular flexibility index (Phi) is 7.42. The van der Waals surface area contributed by atoms with Gasteiger partial charge in [0.1, 0.15) is 9.84 Å². The monoisotopic (exact) mass is 365 g/mol. The van der Waals surface area contributed by atoms with Gasteiger partial charge in [-0.25, -0.2) is 8.42 Å². The number of hydrogen-bond acceptors (Lipinski definition) is 4. The van der Waals surface area contributed by atoms with Crippen LogP contribution in [-0.4, -0.2) is 39.3 Å². The van der Waals surface area contributed by atoms with Crippen LogP contribution in [0.1, 0.15) is 12.8 Å². The Labute approximate surface area is 128 Å². The van der Waals surface area contributed by atoms with Crippen molar-refractivity contribution in [1.29, 1.82) is 0 Å². The van der Waals surface area contributed by atoms with E-state index in [0.717, 1.165) is 16.6 Å². The van der Waals surface area contributed by atoms with Crippen LogP contribution in [0.25, 0.3) is 0 Å². The van der Waals surface area contributed by atoms with Crippen molar-refractivity contribution in [2.45, 2.75) is 23.8 Å². The lowest BCUT2D eigenvalue weighted by Gasteiger charge is -2.15. The third-order valence-corrected chi connectivity index (χ3v) is 5.97. The Bertz CT molecular complexity index is 491. The van der Waals surface area contributed by atoms with Gasteiger partial charge in [0.2, 0.25) is 0 Å². The molecule has 1 N–H and O–H groups in total. The van der Waals surface area contributed by atoms with Crippen LogP contribution in [0.5, 0.6) is 0 Å². The first kappa shape index (κ1) is 17.0. The van der Waals surface area contributed by atoms with E-state index in [1.54, 1.807) is 11.8 Å². The van der Waals surface area contributed by atoms with Crippen molar-refractivity contribution in [2.24, 2.45) is 0 Å². The molecule has 0 aliphatic heterocycles. The molecule has 1 rings (SSSR count). The van der Waals surface area contributed by atoms with Gasteiger partial charge in [0.15, 0.2) is 0 Å². The van der Waals surface area contributed by atoms with Crippen molar-refractivity contribution in [1.82, 2.24) is 5.32 Å². The minimum Gasteiger partial charge on any atom is -0.316 e. The molecule has 0 aliphatic carbocycles. The number of benzene rings is 1. The lowest BCUT2D eigenvalue weighted by molar-refractivity contribution is 0.556. The highest BCUT2D eigenvalue weighted by molar-refractivity contribution is 9.10. The second-order valence-corrected chi connectivity index (χ2v) is 8.68. The van der Waals surface area contributed by atoms with Crippen molar-refractivity contribution >= 4 is 37.5 Å². The van der Waals surface area contributed by atoms with E-state index in [1.807, 2.05) is 25.2 Å². The Morgan fingerprint density at radius 2 is 2.05 bits per heavy atom. The molecule has 3 nitrogen and oxygen atoms in total. The molecule has 1 aromatic rings. The highest BCUT2D eigenvalue weighted by atomic mass is 79.9. The summed E-state index contributed by atoms with van der Waals surface area (Å²) in [5.41, 5.74) is 0. The summed E-state index contributed by atoms with van der Waals surface area (Å²) in [6.07, 6.45) is 2.87. The molecule has 6 heteroatoms. The van der Waals surface area contributed by atoms with Gasteiger partial charge in [-0.1, -0.05) is 12.1 Å². The molecule has 1 unspecified atom stereocenters. The lowest BCUT2D eigenvalue weighted by Crippen LogP contribution is -2.28. The van der Waals surface area contributed by atoms with Crippen LogP contribution in [-0.2, 0) is 9.84 Å². The predicted octanol–water partition coefficient (Wildman–Crippen LogP) is 2.95. The average molecular weight is 366 g/mol. The molecule has 0 spiro atoms. The number of rotatable bonds is 8. The van der Waals surface area contributed by atoms with Gasteiger partial charge in [-0.15, -0.1) is 11.8 Å². The summed E-state index contributed by atoms with van der Waals surface area (Å²) < 4.78 is 23.3. The number of sulfone groups is 1. The van der Waals surface area contributed by atoms with Gasteiger partial charge in [-0.3, -0.25) is 0 Å². The molecular weight excluding hydrogens is 346 g/mol. The molecule has 0 heterocycles. The zero-order valence-corrected chi connectivity index (χ0v) is 14.4. The number of halogens is 1. The van der Waals surface area contributed by atoms with Crippen LogP contribution >= 0.6 is 27.7 Å². The van der Waals surface area contributed by atoms with E-state index in [4.69, 9.17) is 0 Å². The van der Waals surface area contributed by atoms with Gasteiger partial charge < -0.3 is 5.32 Å². The first-order valence-electron chi connectivity index (χ1n) is 6.14. The Balaban J connectivity index is 2.39. The SMILES string of the molecule is CNC(CCCS(C)(=O)=O)CSc1ccccc1Br. The molecular formula is C13H20BrNO2S2. The molecule has 108 valence electrons. The molecule has 0 bridgehead atoms. The third kappa shape index (κ3) is 7.34. The van der Waals surface area contributed by atoms with E-state index >= 15 is 0 Å². The van der Waals surface area contributed by atoms with E-state index in [9.17, 15) is 8.42 Å². The Hall–Kier alpha value is -0.0400. The van der Waals surface area contributed by atoms with Gasteiger partial charge in [0.25, 0.3) is 0 Å². The van der Waals surface area contributed by atoms with E-state index < -0.39 is 9.84 Å². The van der Waals surface area contributed by atoms with Gasteiger partial charge in [-0.05, 0) is 48.0 Å². The summed E-state index contributed by atoms with van der Waals surface area (Å²) >= 11 is 5.31. The Morgan fingerprint density at radius 3 is 2.63 bits per heavy atom. The quantitative estimate of drug-likeness (QED) is 0.719. The second-order valence-electron chi connectivity index (χ2n) is 4.50. The molecule has 0 aliphatic rings. The Morgan fingerprint density at radius 1 is 1.37 bits per heavy atom. The molecule has 0 aromatic heterocycles. The summed E-state index contributed by atoms with van der Waals surface area (Å²) in [6, 6.07) is 8.46. The lowest BCUT2D eigenvalue weighted by atomic mass is 10.2. The van der Waals surface area contributed by atoms with Gasteiger partial charge in [0.05, 0.1) is 0 Å². The molecule has 1 atom stereocenters. The van der Waals surface area contributed by atoms with Crippen LogP contribution in [0.2, 0.25) is 0 Å². The first-order valence-corrected chi connectivity index (χ1v) is 9.98. The van der Waals surface area contributed by atoms with Crippen LogP contribution in [0.3, 0.4) is 0 Å². The zero-order chi connectivity index (χ0) is 14.3. The molecule has 0 amide bonds. The molecule has 0 fully saturated rings. The minimum atomic E-state index is -2.84. The first-order chi connectivity index (χ1) is 8.92. The molecule has 0 saturated heterocycles. The van der Waals surface area contributed by atoms with E-state index in [1.165, 1.54) is 11.2 Å². The topological polar surface area (TPSA) is 46.2 Å². The van der Waals surface area contributed by atoms with Crippen molar-refractivity contribution in [3.05, 3.63) is 28.7 Å². The van der Waals surface area contributed by atoms with Crippen molar-refractivity contribution in [3.63, 3.8) is 0 Å². The minimum absolute atomic E-state index is 0.269. The van der Waals surface area contributed by atoms with Crippen LogP contribution in [0.4, 0.5) is 0 Å². The number of nitrogens with one attached hydrogen (secondary N) is 1. The average Bonchev–Trinajstić information content (AvgIpc) is 2.34. The van der Waals surface area contributed by atoms with Crippen LogP contribution in [0, 0.1) is 0 Å². The summed E-state index contributed by atoms with van der Waals surface area (Å²) in [4.78, 5) is 1.21. The summed E-state index contributed by atoms with van der Waals surface area (Å²) in [5.74, 6) is 1.20. The van der Waals surface area contributed by atoms with Crippen molar-refractivity contribution in [3.8, 4) is 0 Å². The summed E-state index contributed by atoms with van der Waals surface area (Å²) in [5, 5.41) is 3.25. The zero-order valence-electron chi connectivity index (χ0n) is 11.2. The molecule has 0 radical (unpaired) electrons. The molecule has 0 saturated carbocycles. The maximum absolute atomic E-state index is 11.1. The second kappa shape index (κ2) is 8.29. The van der Waals surface area contributed by atoms with E-state index in [0.29, 0.717) is 12.5 Å². The fourth-order valence-electron chi connectivity index (χ4n) is 1.66. The van der Waals surface area contributed by atoms with Gasteiger partial charge in [0, 0.05) is 33.2 Å². The highest BCUT2D eigenvalue weighted by Gasteiger charge is 2.10. The highest BCUT2D eigenvalue weighted by Crippen LogP contribution is 2.27. The smallest absolute Gasteiger partial charge is 0.147 e. The van der Waals surface area contributed by atoms with Gasteiger partial charge in [-0.2, -0.15) is 0 Å². The van der Waals surface area contributed by atoms with Crippen molar-refractivity contribution < 1.29 is 8.42 Å². The normalized spacial score (nSPS) is 13.4. The standard InChI is InChI=1S/C13H20BrNO2S2/c1-15-11(6-5-9-19(2,16)17)10-18-13-8-4-3-7-12(13)14/h3-4,7-8,11,15H,5-6,9-10H2,1-2H3. The maximum Gasteiger partial charge on any atom is 0.147 e. The number of thioether (sulfide) groups is 1. The number of hydrogen-bond donors (Lipinski definition) is 1. The fraction of sp³-hybridized carbons (Fsp3) is 0.538. The van der Waals surface area contributed by atoms with Crippen LogP contribution in [0.15, 0.2) is 33.6 Å². The molecule has 1 aromatic carbocycles. The van der Waals surface area contributed by atoms with Crippen molar-refractivity contribution in [2.75, 3.05) is 24.8 Å². The predicted molar refractivity (Wildman–Crippen MR) is 86.7 cm³/mol. The van der Waals surface area contributed by atoms with E-state index in [-0.39, 0.29) is 5.75 Å².